The van der Waals surface area contributed by atoms with E-state index in [1.807, 2.05) is 0 Å². The summed E-state index contributed by atoms with van der Waals surface area (Å²) < 4.78 is 11.0. The van der Waals surface area contributed by atoms with E-state index in [9.17, 15) is 0 Å². The fraction of sp³-hybridized carbons (Fsp3) is 0.429. The Labute approximate surface area is 125 Å². The van der Waals surface area contributed by atoms with Gasteiger partial charge in [0.15, 0.2) is 0 Å². The van der Waals surface area contributed by atoms with E-state index in [1.165, 1.54) is 0 Å². The number of nitrogens with one attached hydrogen (secondary N) is 1. The van der Waals surface area contributed by atoms with E-state index in [4.69, 9.17) is 15.2 Å². The Bertz CT molecular complexity index is 492. The van der Waals surface area contributed by atoms with Gasteiger partial charge in [-0.15, -0.1) is 0 Å². The van der Waals surface area contributed by atoms with Crippen molar-refractivity contribution >= 4 is 18.2 Å². The molecular weight excluding hydrogens is 270 g/mol. The number of pyridine rings is 1. The molecule has 0 aromatic carbocycles. The number of hydrogen-bond donors (Lipinski definition) is 2. The molecule has 0 amide bonds. The molecule has 0 unspecified atom stereocenters. The lowest BCUT2D eigenvalue weighted by Gasteiger charge is -2.26. The minimum absolute atomic E-state index is 0. The van der Waals surface area contributed by atoms with Gasteiger partial charge in [-0.1, -0.05) is 0 Å². The van der Waals surface area contributed by atoms with Gasteiger partial charge >= 0.3 is 0 Å². The SMILES string of the molecule is C=N/C=C\Nc1cc(N)nc(OCCN2CCOCC2)c1.[HH]. The third-order valence-corrected chi connectivity index (χ3v) is 3.01. The third kappa shape index (κ3) is 5.41. The van der Waals surface area contributed by atoms with E-state index in [-0.39, 0.29) is 1.43 Å². The van der Waals surface area contributed by atoms with Gasteiger partial charge < -0.3 is 20.5 Å². The first-order valence-electron chi connectivity index (χ1n) is 6.86. The van der Waals surface area contributed by atoms with Gasteiger partial charge in [-0.05, 0) is 6.72 Å². The van der Waals surface area contributed by atoms with E-state index >= 15 is 0 Å². The number of nitrogen functional groups attached to an aromatic ring is 1. The van der Waals surface area contributed by atoms with Gasteiger partial charge in [-0.3, -0.25) is 9.89 Å². The van der Waals surface area contributed by atoms with Crippen LogP contribution in [0.1, 0.15) is 1.43 Å². The van der Waals surface area contributed by atoms with Crippen LogP contribution < -0.4 is 15.8 Å². The van der Waals surface area contributed by atoms with Gasteiger partial charge in [0.2, 0.25) is 5.88 Å². The van der Waals surface area contributed by atoms with Crippen molar-refractivity contribution in [2.24, 2.45) is 4.99 Å². The second kappa shape index (κ2) is 8.23. The normalized spacial score (nSPS) is 16.0. The maximum absolute atomic E-state index is 5.76. The van der Waals surface area contributed by atoms with Crippen LogP contribution in [0.3, 0.4) is 0 Å². The van der Waals surface area contributed by atoms with Gasteiger partial charge in [-0.25, -0.2) is 0 Å². The quantitative estimate of drug-likeness (QED) is 0.735. The second-order valence-corrected chi connectivity index (χ2v) is 4.56. The average molecular weight is 293 g/mol. The molecule has 2 heterocycles. The standard InChI is InChI=1S/C14H21N5O2.H2/c1-16-2-3-17-12-10-13(15)18-14(11-12)21-9-6-19-4-7-20-8-5-19;/h2-3,10-11H,1,4-9H2,(H3,15,17,18);1H/b3-2-;. The molecule has 1 aliphatic heterocycles. The molecule has 116 valence electrons. The highest BCUT2D eigenvalue weighted by molar-refractivity contribution is 5.54. The molecule has 21 heavy (non-hydrogen) atoms. The van der Waals surface area contributed by atoms with Crippen molar-refractivity contribution in [1.82, 2.24) is 9.88 Å². The Morgan fingerprint density at radius 2 is 2.33 bits per heavy atom. The first kappa shape index (κ1) is 15.3. The minimum atomic E-state index is 0. The molecule has 0 radical (unpaired) electrons. The smallest absolute Gasteiger partial charge is 0.217 e. The molecule has 7 heteroatoms. The van der Waals surface area contributed by atoms with Crippen LogP contribution in [0.15, 0.2) is 29.5 Å². The van der Waals surface area contributed by atoms with Crippen molar-refractivity contribution in [1.29, 1.82) is 0 Å². The van der Waals surface area contributed by atoms with Crippen molar-refractivity contribution in [3.8, 4) is 5.88 Å². The third-order valence-electron chi connectivity index (χ3n) is 3.01. The molecule has 0 bridgehead atoms. The first-order valence-corrected chi connectivity index (χ1v) is 6.86. The molecule has 1 saturated heterocycles. The molecular formula is C14H23N5O2. The summed E-state index contributed by atoms with van der Waals surface area (Å²) in [4.78, 5) is 10.1. The topological polar surface area (TPSA) is 85.0 Å². The highest BCUT2D eigenvalue weighted by Crippen LogP contribution is 2.18. The van der Waals surface area contributed by atoms with Crippen LogP contribution in [0.2, 0.25) is 0 Å². The molecule has 0 saturated carbocycles. The van der Waals surface area contributed by atoms with Crippen molar-refractivity contribution in [3.05, 3.63) is 24.5 Å². The van der Waals surface area contributed by atoms with Gasteiger partial charge in [0.25, 0.3) is 0 Å². The van der Waals surface area contributed by atoms with Crippen LogP contribution in [0, 0.1) is 0 Å². The summed E-state index contributed by atoms with van der Waals surface area (Å²) in [6.45, 7) is 8.24. The average Bonchev–Trinajstić information content (AvgIpc) is 2.48. The first-order chi connectivity index (χ1) is 10.3. The Morgan fingerprint density at radius 3 is 3.10 bits per heavy atom. The Morgan fingerprint density at radius 1 is 1.52 bits per heavy atom. The molecule has 2 rings (SSSR count). The summed E-state index contributed by atoms with van der Waals surface area (Å²) in [5, 5.41) is 3.03. The molecule has 1 aromatic rings. The van der Waals surface area contributed by atoms with Crippen LogP contribution in [-0.4, -0.2) is 56.1 Å². The Hall–Kier alpha value is -2.12. The Kier molecular flexibility index (Phi) is 5.99. The van der Waals surface area contributed by atoms with E-state index in [0.717, 1.165) is 38.5 Å². The van der Waals surface area contributed by atoms with Crippen LogP contribution >= 0.6 is 0 Å². The van der Waals surface area contributed by atoms with Gasteiger partial charge in [0, 0.05) is 51.3 Å². The zero-order valence-electron chi connectivity index (χ0n) is 12.0. The summed E-state index contributed by atoms with van der Waals surface area (Å²) in [6.07, 6.45) is 3.22. The number of aliphatic imine (C=N–C) groups is 1. The number of anilines is 2. The summed E-state index contributed by atoms with van der Waals surface area (Å²) in [5.41, 5.74) is 6.56. The van der Waals surface area contributed by atoms with Crippen LogP contribution in [0.5, 0.6) is 5.88 Å². The highest BCUT2D eigenvalue weighted by Gasteiger charge is 2.10. The lowest BCUT2D eigenvalue weighted by Crippen LogP contribution is -2.38. The molecule has 1 aliphatic rings. The van der Waals surface area contributed by atoms with E-state index in [1.54, 1.807) is 24.5 Å². The molecule has 0 atom stereocenters. The molecule has 0 spiro atoms. The summed E-state index contributed by atoms with van der Waals surface area (Å²) in [5.74, 6) is 0.909. The van der Waals surface area contributed by atoms with Crippen LogP contribution in [0.25, 0.3) is 0 Å². The molecule has 3 N–H and O–H groups in total. The van der Waals surface area contributed by atoms with E-state index in [2.05, 4.69) is 26.9 Å². The fourth-order valence-corrected chi connectivity index (χ4v) is 1.97. The number of nitrogens with zero attached hydrogens (tertiary/aromatic N) is 3. The second-order valence-electron chi connectivity index (χ2n) is 4.56. The summed E-state index contributed by atoms with van der Waals surface area (Å²) in [6, 6.07) is 3.52. The Balaban J connectivity index is 0.00000242. The number of aromatic nitrogens is 1. The van der Waals surface area contributed by atoms with Gasteiger partial charge in [0.05, 0.1) is 13.2 Å². The summed E-state index contributed by atoms with van der Waals surface area (Å²) in [7, 11) is 0. The molecule has 1 aromatic heterocycles. The van der Waals surface area contributed by atoms with Gasteiger partial charge in [0.1, 0.15) is 12.4 Å². The number of nitrogens with two attached hydrogens (primary N) is 1. The number of morpholine rings is 1. The fourth-order valence-electron chi connectivity index (χ4n) is 1.97. The molecule has 7 nitrogen and oxygen atoms in total. The zero-order valence-corrected chi connectivity index (χ0v) is 12.0. The maximum atomic E-state index is 5.76. The van der Waals surface area contributed by atoms with Crippen LogP contribution in [0.4, 0.5) is 11.5 Å². The lowest BCUT2D eigenvalue weighted by atomic mass is 10.4. The maximum Gasteiger partial charge on any atom is 0.217 e. The van der Waals surface area contributed by atoms with Crippen molar-refractivity contribution in [3.63, 3.8) is 0 Å². The van der Waals surface area contributed by atoms with E-state index < -0.39 is 0 Å². The lowest BCUT2D eigenvalue weighted by molar-refractivity contribution is 0.0320. The number of rotatable bonds is 7. The summed E-state index contributed by atoms with van der Waals surface area (Å²) >= 11 is 0. The van der Waals surface area contributed by atoms with Gasteiger partial charge in [-0.2, -0.15) is 4.98 Å². The monoisotopic (exact) mass is 293 g/mol. The van der Waals surface area contributed by atoms with Crippen molar-refractivity contribution in [2.45, 2.75) is 0 Å². The number of hydrogen-bond acceptors (Lipinski definition) is 7. The van der Waals surface area contributed by atoms with Crippen molar-refractivity contribution < 1.29 is 10.9 Å². The molecule has 1 fully saturated rings. The minimum Gasteiger partial charge on any atom is -0.476 e. The van der Waals surface area contributed by atoms with Crippen molar-refractivity contribution in [2.75, 3.05) is 50.5 Å². The predicted molar refractivity (Wildman–Crippen MR) is 85.8 cm³/mol. The largest absolute Gasteiger partial charge is 0.476 e. The van der Waals surface area contributed by atoms with Crippen LogP contribution in [-0.2, 0) is 4.74 Å². The molecule has 0 aliphatic carbocycles. The van der Waals surface area contributed by atoms with E-state index in [0.29, 0.717) is 18.3 Å². The number of ether oxygens (including phenoxy) is 2. The zero-order chi connectivity index (χ0) is 14.9. The predicted octanol–water partition coefficient (Wildman–Crippen LogP) is 1.20. The highest BCUT2D eigenvalue weighted by atomic mass is 16.5.